The van der Waals surface area contributed by atoms with Crippen LogP contribution in [0.4, 0.5) is 0 Å². The highest BCUT2D eigenvalue weighted by atomic mass is 32.2. The molecule has 0 bridgehead atoms. The Balaban J connectivity index is 1.52. The summed E-state index contributed by atoms with van der Waals surface area (Å²) in [5, 5.41) is 14.9. The van der Waals surface area contributed by atoms with Gasteiger partial charge in [-0.15, -0.1) is 16.4 Å². The normalized spacial score (nSPS) is 22.4. The van der Waals surface area contributed by atoms with Crippen molar-refractivity contribution < 1.29 is 4.90 Å². The van der Waals surface area contributed by atoms with E-state index in [1.165, 1.54) is 54.6 Å². The minimum atomic E-state index is 0.776. The van der Waals surface area contributed by atoms with E-state index in [9.17, 15) is 0 Å². The SMILES string of the molecule is CC1CC[NH+](Cc2nc(Sc3nnnn3C)c3c4c(sc3n2)CCC4)CC1. The summed E-state index contributed by atoms with van der Waals surface area (Å²) >= 11 is 3.43. The Morgan fingerprint density at radius 1 is 1.22 bits per heavy atom. The Morgan fingerprint density at radius 2 is 2.07 bits per heavy atom. The van der Waals surface area contributed by atoms with Crippen LogP contribution >= 0.6 is 23.1 Å². The largest absolute Gasteiger partial charge is 0.329 e. The van der Waals surface area contributed by atoms with Crippen LogP contribution in [0.2, 0.25) is 0 Å². The second-order valence-corrected chi connectivity index (χ2v) is 9.82. The lowest BCUT2D eigenvalue weighted by Crippen LogP contribution is -3.11. The van der Waals surface area contributed by atoms with E-state index in [2.05, 4.69) is 22.4 Å². The minimum absolute atomic E-state index is 0.776. The maximum Gasteiger partial charge on any atom is 0.215 e. The fourth-order valence-corrected chi connectivity index (χ4v) is 6.36. The molecule has 7 nitrogen and oxygen atoms in total. The summed E-state index contributed by atoms with van der Waals surface area (Å²) in [6, 6.07) is 0. The van der Waals surface area contributed by atoms with Crippen LogP contribution in [-0.4, -0.2) is 43.3 Å². The Kier molecular flexibility index (Phi) is 4.61. The summed E-state index contributed by atoms with van der Waals surface area (Å²) in [7, 11) is 1.87. The molecule has 1 aliphatic heterocycles. The Bertz CT molecular complexity index is 972. The molecular weight excluding hydrogens is 378 g/mol. The highest BCUT2D eigenvalue weighted by Gasteiger charge is 2.26. The number of thiophene rings is 1. The van der Waals surface area contributed by atoms with Crippen molar-refractivity contribution in [2.75, 3.05) is 13.1 Å². The molecule has 0 amide bonds. The van der Waals surface area contributed by atoms with Gasteiger partial charge in [-0.25, -0.2) is 14.6 Å². The molecule has 4 heterocycles. The van der Waals surface area contributed by atoms with Crippen molar-refractivity contribution in [3.8, 4) is 0 Å². The van der Waals surface area contributed by atoms with Crippen molar-refractivity contribution in [2.24, 2.45) is 13.0 Å². The molecule has 142 valence electrons. The number of nitrogens with one attached hydrogen (secondary N) is 1. The first kappa shape index (κ1) is 17.5. The molecule has 3 aromatic rings. The smallest absolute Gasteiger partial charge is 0.215 e. The van der Waals surface area contributed by atoms with Gasteiger partial charge in [-0.2, -0.15) is 0 Å². The predicted octanol–water partition coefficient (Wildman–Crippen LogP) is 1.67. The molecule has 1 fully saturated rings. The molecule has 0 spiro atoms. The number of nitrogens with zero attached hydrogens (tertiary/aromatic N) is 6. The summed E-state index contributed by atoms with van der Waals surface area (Å²) in [5.41, 5.74) is 1.46. The zero-order valence-electron chi connectivity index (χ0n) is 15.7. The van der Waals surface area contributed by atoms with E-state index in [0.29, 0.717) is 0 Å². The number of fused-ring (bicyclic) bond motifs is 3. The van der Waals surface area contributed by atoms with E-state index in [4.69, 9.17) is 9.97 Å². The molecule has 2 aliphatic rings. The van der Waals surface area contributed by atoms with Gasteiger partial charge in [0.15, 0.2) is 5.82 Å². The molecule has 3 aromatic heterocycles. The molecule has 0 atom stereocenters. The van der Waals surface area contributed by atoms with Crippen LogP contribution in [0.25, 0.3) is 10.2 Å². The van der Waals surface area contributed by atoms with E-state index in [0.717, 1.165) is 39.7 Å². The maximum atomic E-state index is 5.01. The summed E-state index contributed by atoms with van der Waals surface area (Å²) in [4.78, 5) is 14.2. The molecule has 1 N–H and O–H groups in total. The lowest BCUT2D eigenvalue weighted by atomic mass is 9.99. The Morgan fingerprint density at radius 3 is 2.85 bits per heavy atom. The Labute approximate surface area is 166 Å². The van der Waals surface area contributed by atoms with Gasteiger partial charge < -0.3 is 4.90 Å². The number of aryl methyl sites for hydroxylation is 3. The monoisotopic (exact) mass is 402 g/mol. The van der Waals surface area contributed by atoms with E-state index in [1.54, 1.807) is 21.3 Å². The molecular formula is C18H24N7S2+. The average Bonchev–Trinajstić information content (AvgIpc) is 3.33. The molecule has 1 aliphatic carbocycles. The molecule has 0 saturated carbocycles. The molecule has 0 radical (unpaired) electrons. The number of aromatic nitrogens is 6. The number of tetrazole rings is 1. The van der Waals surface area contributed by atoms with Crippen LogP contribution in [0, 0.1) is 5.92 Å². The minimum Gasteiger partial charge on any atom is -0.329 e. The number of likely N-dealkylation sites (tertiary alicyclic amines) is 1. The first-order valence-electron chi connectivity index (χ1n) is 9.72. The van der Waals surface area contributed by atoms with E-state index < -0.39 is 0 Å². The highest BCUT2D eigenvalue weighted by molar-refractivity contribution is 7.99. The van der Waals surface area contributed by atoms with Crippen molar-refractivity contribution in [3.63, 3.8) is 0 Å². The third-order valence-electron chi connectivity index (χ3n) is 5.74. The molecule has 5 rings (SSSR count). The van der Waals surface area contributed by atoms with Crippen LogP contribution in [-0.2, 0) is 26.4 Å². The molecule has 0 unspecified atom stereocenters. The van der Waals surface area contributed by atoms with Crippen LogP contribution in [0.3, 0.4) is 0 Å². The zero-order valence-corrected chi connectivity index (χ0v) is 17.4. The third kappa shape index (κ3) is 3.36. The maximum absolute atomic E-state index is 5.01. The number of hydrogen-bond donors (Lipinski definition) is 1. The predicted molar refractivity (Wildman–Crippen MR) is 105 cm³/mol. The van der Waals surface area contributed by atoms with Gasteiger partial charge in [0.2, 0.25) is 5.16 Å². The number of hydrogen-bond acceptors (Lipinski definition) is 7. The zero-order chi connectivity index (χ0) is 18.4. The van der Waals surface area contributed by atoms with Gasteiger partial charge in [0.05, 0.1) is 13.1 Å². The standard InChI is InChI=1S/C18H23N7S2/c1-11-6-8-25(9-7-11)10-14-19-16-15(12-4-3-5-13(12)26-16)17(20-14)27-18-21-22-23-24(18)2/h11H,3-10H2,1-2H3/p+1. The van der Waals surface area contributed by atoms with E-state index in [-0.39, 0.29) is 0 Å². The van der Waals surface area contributed by atoms with Crippen LogP contribution < -0.4 is 4.90 Å². The first-order valence-corrected chi connectivity index (χ1v) is 11.4. The quantitative estimate of drug-likeness (QED) is 0.669. The van der Waals surface area contributed by atoms with Crippen LogP contribution in [0.1, 0.15) is 42.5 Å². The number of quaternary nitrogens is 1. The number of rotatable bonds is 4. The Hall–Kier alpha value is -1.58. The van der Waals surface area contributed by atoms with Crippen LogP contribution in [0.15, 0.2) is 10.2 Å². The summed E-state index contributed by atoms with van der Waals surface area (Å²) in [5.74, 6) is 1.82. The number of piperidine rings is 1. The van der Waals surface area contributed by atoms with Crippen molar-refractivity contribution in [2.45, 2.75) is 55.8 Å². The van der Waals surface area contributed by atoms with Gasteiger partial charge >= 0.3 is 0 Å². The molecule has 9 heteroatoms. The van der Waals surface area contributed by atoms with Crippen molar-refractivity contribution in [1.29, 1.82) is 0 Å². The van der Waals surface area contributed by atoms with Gasteiger partial charge in [-0.05, 0) is 65.8 Å². The molecule has 27 heavy (non-hydrogen) atoms. The molecule has 0 aromatic carbocycles. The topological polar surface area (TPSA) is 73.8 Å². The van der Waals surface area contributed by atoms with Crippen molar-refractivity contribution in [3.05, 3.63) is 16.3 Å². The highest BCUT2D eigenvalue weighted by Crippen LogP contribution is 2.41. The second kappa shape index (κ2) is 7.10. The van der Waals surface area contributed by atoms with Gasteiger partial charge in [0.1, 0.15) is 16.4 Å². The third-order valence-corrected chi connectivity index (χ3v) is 7.94. The van der Waals surface area contributed by atoms with E-state index in [1.807, 2.05) is 18.4 Å². The van der Waals surface area contributed by atoms with Crippen molar-refractivity contribution in [1.82, 2.24) is 30.2 Å². The lowest BCUT2D eigenvalue weighted by Gasteiger charge is -2.26. The van der Waals surface area contributed by atoms with Crippen LogP contribution in [0.5, 0.6) is 0 Å². The van der Waals surface area contributed by atoms with Gasteiger partial charge in [0, 0.05) is 17.3 Å². The van der Waals surface area contributed by atoms with Gasteiger partial charge in [-0.1, -0.05) is 6.92 Å². The summed E-state index contributed by atoms with van der Waals surface area (Å²) in [6.07, 6.45) is 6.16. The average molecular weight is 403 g/mol. The van der Waals surface area contributed by atoms with E-state index >= 15 is 0 Å². The summed E-state index contributed by atoms with van der Waals surface area (Å²) in [6.45, 7) is 5.71. The fraction of sp³-hybridized carbons (Fsp3) is 0.611. The van der Waals surface area contributed by atoms with Gasteiger partial charge in [0.25, 0.3) is 0 Å². The summed E-state index contributed by atoms with van der Waals surface area (Å²) < 4.78 is 1.71. The second-order valence-electron chi connectivity index (χ2n) is 7.78. The lowest BCUT2D eigenvalue weighted by molar-refractivity contribution is -0.920. The van der Waals surface area contributed by atoms with Gasteiger partial charge in [-0.3, -0.25) is 0 Å². The first-order chi connectivity index (χ1) is 13.2. The molecule has 1 saturated heterocycles. The fourth-order valence-electron chi connectivity index (χ4n) is 4.12. The van der Waals surface area contributed by atoms with Crippen molar-refractivity contribution >= 4 is 33.3 Å².